The Morgan fingerprint density at radius 3 is 2.48 bits per heavy atom. The molecule has 0 aliphatic carbocycles. The highest BCUT2D eigenvalue weighted by molar-refractivity contribution is 7.91. The van der Waals surface area contributed by atoms with Crippen LogP contribution in [0.2, 0.25) is 0 Å². The largest absolute Gasteiger partial charge is 0.346 e. The maximum Gasteiger partial charge on any atom is 0.341 e. The zero-order valence-corrected chi connectivity index (χ0v) is 17.6. The second-order valence-corrected chi connectivity index (χ2v) is 8.84. The van der Waals surface area contributed by atoms with Crippen LogP contribution in [0.3, 0.4) is 0 Å². The van der Waals surface area contributed by atoms with E-state index < -0.39 is 32.3 Å². The third-order valence-corrected chi connectivity index (χ3v) is 6.08. The number of aromatic nitrogens is 3. The Balaban J connectivity index is 1.53. The van der Waals surface area contributed by atoms with Crippen LogP contribution in [0.25, 0.3) is 22.3 Å². The molecule has 0 radical (unpaired) electrons. The van der Waals surface area contributed by atoms with Crippen LogP contribution in [0, 0.1) is 5.95 Å². The molecule has 0 fully saturated rings. The normalized spacial score (nSPS) is 11.6. The van der Waals surface area contributed by atoms with Gasteiger partial charge < -0.3 is 5.32 Å². The minimum absolute atomic E-state index is 0.0231. The van der Waals surface area contributed by atoms with Crippen molar-refractivity contribution in [2.75, 3.05) is 0 Å². The molecule has 0 atom stereocenters. The minimum atomic E-state index is -4.82. The van der Waals surface area contributed by atoms with Crippen molar-refractivity contribution in [3.63, 3.8) is 0 Å². The Hall–Kier alpha value is -3.86. The highest BCUT2D eigenvalue weighted by Gasteiger charge is 2.27. The van der Waals surface area contributed by atoms with E-state index in [1.165, 1.54) is 24.3 Å². The second-order valence-electron chi connectivity index (χ2n) is 6.93. The fraction of sp³-hybridized carbons (Fsp3) is 0.0909. The van der Waals surface area contributed by atoms with Crippen LogP contribution in [-0.2, 0) is 16.4 Å². The summed E-state index contributed by atoms with van der Waals surface area (Å²) in [5.74, 6) is -4.87. The molecule has 168 valence electrons. The molecule has 4 rings (SSSR count). The number of fused-ring (bicyclic) bond motifs is 1. The van der Waals surface area contributed by atoms with Crippen LogP contribution >= 0.6 is 0 Å². The van der Waals surface area contributed by atoms with Crippen molar-refractivity contribution < 1.29 is 26.4 Å². The number of carbonyl (C=O) groups excluding carboxylic acids is 1. The predicted octanol–water partition coefficient (Wildman–Crippen LogP) is 3.76. The molecule has 11 heteroatoms. The molecule has 3 heterocycles. The van der Waals surface area contributed by atoms with Gasteiger partial charge in [-0.25, -0.2) is 18.4 Å². The summed E-state index contributed by atoms with van der Waals surface area (Å²) in [5, 5.41) is 3.29. The summed E-state index contributed by atoms with van der Waals surface area (Å²) < 4.78 is 62.2. The summed E-state index contributed by atoms with van der Waals surface area (Å²) >= 11 is 0. The Labute approximate surface area is 186 Å². The van der Waals surface area contributed by atoms with Crippen LogP contribution in [0.5, 0.6) is 0 Å². The summed E-state index contributed by atoms with van der Waals surface area (Å²) in [6.07, 6.45) is 1.56. The fourth-order valence-corrected chi connectivity index (χ4v) is 3.80. The quantitative estimate of drug-likeness (QED) is 0.429. The highest BCUT2D eigenvalue weighted by atomic mass is 32.2. The van der Waals surface area contributed by atoms with Crippen molar-refractivity contribution in [1.29, 1.82) is 0 Å². The van der Waals surface area contributed by atoms with E-state index in [1.807, 2.05) is 0 Å². The predicted molar refractivity (Wildman–Crippen MR) is 114 cm³/mol. The maximum atomic E-state index is 13.4. The topological polar surface area (TPSA) is 102 Å². The molecule has 3 aromatic heterocycles. The Morgan fingerprint density at radius 1 is 0.970 bits per heavy atom. The summed E-state index contributed by atoms with van der Waals surface area (Å²) in [4.78, 5) is 24.3. The smallest absolute Gasteiger partial charge is 0.341 e. The number of alkyl halides is 2. The molecule has 0 spiro atoms. The van der Waals surface area contributed by atoms with Crippen molar-refractivity contribution in [3.8, 4) is 11.4 Å². The fourth-order valence-electron chi connectivity index (χ4n) is 3.04. The van der Waals surface area contributed by atoms with Gasteiger partial charge in [0, 0.05) is 17.1 Å². The number of hydrogen-bond donors (Lipinski definition) is 1. The van der Waals surface area contributed by atoms with Gasteiger partial charge >= 0.3 is 5.76 Å². The molecule has 0 bridgehead atoms. The number of rotatable bonds is 6. The molecule has 0 saturated carbocycles. The first-order chi connectivity index (χ1) is 15.7. The number of hydrogen-bond acceptors (Lipinski definition) is 6. The summed E-state index contributed by atoms with van der Waals surface area (Å²) in [6.45, 7) is -0.0231. The second kappa shape index (κ2) is 8.94. The Kier molecular flexibility index (Phi) is 6.05. The molecule has 0 aliphatic rings. The van der Waals surface area contributed by atoms with Crippen molar-refractivity contribution in [2.45, 2.75) is 17.2 Å². The number of carbonyl (C=O) groups is 1. The zero-order chi connectivity index (χ0) is 23.6. The van der Waals surface area contributed by atoms with Crippen molar-refractivity contribution >= 4 is 26.6 Å². The van der Waals surface area contributed by atoms with Gasteiger partial charge in [0.15, 0.2) is 0 Å². The lowest BCUT2D eigenvalue weighted by molar-refractivity contribution is 0.0950. The van der Waals surface area contributed by atoms with E-state index in [9.17, 15) is 26.4 Å². The van der Waals surface area contributed by atoms with Gasteiger partial charge in [-0.05, 0) is 48.5 Å². The number of sulfone groups is 1. The van der Waals surface area contributed by atoms with E-state index in [0.29, 0.717) is 22.6 Å². The van der Waals surface area contributed by atoms with Crippen LogP contribution in [0.15, 0.2) is 71.8 Å². The lowest BCUT2D eigenvalue weighted by Gasteiger charge is -2.08. The first kappa shape index (κ1) is 22.3. The molecule has 1 aromatic carbocycles. The average molecular weight is 472 g/mol. The van der Waals surface area contributed by atoms with Crippen LogP contribution < -0.4 is 5.32 Å². The number of benzene rings is 1. The Bertz CT molecular complexity index is 1460. The minimum Gasteiger partial charge on any atom is -0.346 e. The van der Waals surface area contributed by atoms with Gasteiger partial charge in [-0.1, -0.05) is 12.1 Å². The molecule has 0 unspecified atom stereocenters. The van der Waals surface area contributed by atoms with E-state index in [4.69, 9.17) is 0 Å². The third-order valence-electron chi connectivity index (χ3n) is 4.70. The number of amides is 1. The standard InChI is InChI=1S/C22H15F3N4O3S/c23-20-6-2-5-17(29-20)18-8-7-14-11-26-15(10-19(14)28-18)12-27-21(30)13-3-1-4-16(9-13)33(31,32)22(24)25/h1-11,22H,12H2,(H,27,30). The zero-order valence-electron chi connectivity index (χ0n) is 16.7. The van der Waals surface area contributed by atoms with E-state index in [-0.39, 0.29) is 12.1 Å². The molecule has 0 aliphatic heterocycles. The van der Waals surface area contributed by atoms with E-state index >= 15 is 0 Å². The van der Waals surface area contributed by atoms with Crippen LogP contribution in [0.1, 0.15) is 16.1 Å². The lowest BCUT2D eigenvalue weighted by atomic mass is 10.2. The van der Waals surface area contributed by atoms with Gasteiger partial charge in [0.2, 0.25) is 15.8 Å². The van der Waals surface area contributed by atoms with Crippen LogP contribution in [-0.4, -0.2) is 35.0 Å². The monoisotopic (exact) mass is 472 g/mol. The van der Waals surface area contributed by atoms with Crippen LogP contribution in [0.4, 0.5) is 13.2 Å². The van der Waals surface area contributed by atoms with Gasteiger partial charge in [-0.3, -0.25) is 9.78 Å². The summed E-state index contributed by atoms with van der Waals surface area (Å²) in [6, 6.07) is 13.9. The van der Waals surface area contributed by atoms with Gasteiger partial charge in [0.1, 0.15) is 0 Å². The number of nitrogens with one attached hydrogen (secondary N) is 1. The molecule has 7 nitrogen and oxygen atoms in total. The molecular formula is C22H15F3N4O3S. The van der Waals surface area contributed by atoms with E-state index in [1.54, 1.807) is 30.5 Å². The summed E-state index contributed by atoms with van der Waals surface area (Å²) in [5.41, 5.74) is 1.73. The first-order valence-electron chi connectivity index (χ1n) is 9.53. The molecule has 4 aromatic rings. The molecular weight excluding hydrogens is 457 g/mol. The van der Waals surface area contributed by atoms with E-state index in [2.05, 4.69) is 20.3 Å². The molecule has 1 amide bonds. The first-order valence-corrected chi connectivity index (χ1v) is 11.1. The van der Waals surface area contributed by atoms with Gasteiger partial charge in [0.25, 0.3) is 5.91 Å². The van der Waals surface area contributed by atoms with Gasteiger partial charge in [0.05, 0.1) is 34.0 Å². The lowest BCUT2D eigenvalue weighted by Crippen LogP contribution is -2.23. The number of pyridine rings is 3. The van der Waals surface area contributed by atoms with E-state index in [0.717, 1.165) is 17.5 Å². The maximum absolute atomic E-state index is 13.4. The SMILES string of the molecule is O=C(NCc1cc2nc(-c3cccc(F)n3)ccc2cn1)c1cccc(S(=O)(=O)C(F)F)c1. The average Bonchev–Trinajstić information content (AvgIpc) is 2.82. The number of halogens is 3. The van der Waals surface area contributed by atoms with Crippen molar-refractivity contribution in [1.82, 2.24) is 20.3 Å². The summed E-state index contributed by atoms with van der Waals surface area (Å²) in [7, 11) is -4.82. The molecule has 1 N–H and O–H groups in total. The van der Waals surface area contributed by atoms with Crippen molar-refractivity contribution in [3.05, 3.63) is 84.1 Å². The highest BCUT2D eigenvalue weighted by Crippen LogP contribution is 2.21. The van der Waals surface area contributed by atoms with Gasteiger partial charge in [-0.15, -0.1) is 0 Å². The van der Waals surface area contributed by atoms with Gasteiger partial charge in [-0.2, -0.15) is 13.2 Å². The number of nitrogens with zero attached hydrogens (tertiary/aromatic N) is 3. The molecule has 33 heavy (non-hydrogen) atoms. The Morgan fingerprint density at radius 2 is 1.73 bits per heavy atom. The molecule has 0 saturated heterocycles. The third kappa shape index (κ3) is 4.82. The van der Waals surface area contributed by atoms with Crippen molar-refractivity contribution in [2.24, 2.45) is 0 Å².